The molecule has 0 aliphatic rings. The van der Waals surface area contributed by atoms with Gasteiger partial charge in [-0.2, -0.15) is 0 Å². The number of aryl methyl sites for hydroxylation is 3. The third-order valence-electron chi connectivity index (χ3n) is 4.83. The number of thiophene rings is 1. The Bertz CT molecular complexity index is 1080. The molecule has 0 aliphatic heterocycles. The first kappa shape index (κ1) is 20.6. The van der Waals surface area contributed by atoms with Crippen LogP contribution in [0.15, 0.2) is 42.5 Å². The van der Waals surface area contributed by atoms with Crippen molar-refractivity contribution in [1.82, 2.24) is 0 Å². The van der Waals surface area contributed by atoms with Gasteiger partial charge in [0.15, 0.2) is 0 Å². The monoisotopic (exact) mass is 409 g/mol. The highest BCUT2D eigenvalue weighted by Crippen LogP contribution is 2.41. The molecule has 1 amide bonds. The maximum Gasteiger partial charge on any atom is 0.341 e. The summed E-state index contributed by atoms with van der Waals surface area (Å²) in [7, 11) is 2.89. The molecule has 5 nitrogen and oxygen atoms in total. The van der Waals surface area contributed by atoms with Crippen LogP contribution in [0.25, 0.3) is 11.1 Å². The fourth-order valence-electron chi connectivity index (χ4n) is 3.11. The maximum absolute atomic E-state index is 12.8. The average Bonchev–Trinajstić information content (AvgIpc) is 3.05. The van der Waals surface area contributed by atoms with Crippen LogP contribution in [0.4, 0.5) is 5.00 Å². The third kappa shape index (κ3) is 4.17. The fraction of sp³-hybridized carbons (Fsp3) is 0.217. The number of ether oxygens (including phenoxy) is 2. The summed E-state index contributed by atoms with van der Waals surface area (Å²) in [4.78, 5) is 26.3. The Morgan fingerprint density at radius 1 is 0.966 bits per heavy atom. The second kappa shape index (κ2) is 8.49. The van der Waals surface area contributed by atoms with E-state index in [1.807, 2.05) is 39.0 Å². The van der Waals surface area contributed by atoms with Gasteiger partial charge >= 0.3 is 5.97 Å². The van der Waals surface area contributed by atoms with Crippen LogP contribution in [0, 0.1) is 20.8 Å². The van der Waals surface area contributed by atoms with Crippen molar-refractivity contribution in [2.75, 3.05) is 19.5 Å². The van der Waals surface area contributed by atoms with Crippen LogP contribution in [-0.2, 0) is 4.74 Å². The van der Waals surface area contributed by atoms with Crippen LogP contribution in [0.3, 0.4) is 0 Å². The first-order valence-electron chi connectivity index (χ1n) is 9.10. The molecule has 0 fully saturated rings. The topological polar surface area (TPSA) is 64.6 Å². The molecular formula is C23H23NO4S. The maximum atomic E-state index is 12.8. The van der Waals surface area contributed by atoms with E-state index in [1.165, 1.54) is 24.0 Å². The quantitative estimate of drug-likeness (QED) is 0.574. The standard InChI is InChI=1S/C23H23NO4S/c1-13-9-10-16(11-14(13)2)19-15(3)29-22(20(19)23(26)28-5)24-21(25)17-7-6-8-18(12-17)27-4/h6-12H,1-5H3,(H,24,25). The Kier molecular flexibility index (Phi) is 6.03. The lowest BCUT2D eigenvalue weighted by atomic mass is 9.97. The molecule has 1 aromatic heterocycles. The lowest BCUT2D eigenvalue weighted by Crippen LogP contribution is -2.14. The van der Waals surface area contributed by atoms with E-state index in [1.54, 1.807) is 31.4 Å². The Balaban J connectivity index is 2.06. The number of amides is 1. The summed E-state index contributed by atoms with van der Waals surface area (Å²) in [6.45, 7) is 6.01. The summed E-state index contributed by atoms with van der Waals surface area (Å²) in [5.41, 5.74) is 4.82. The van der Waals surface area contributed by atoms with Gasteiger partial charge in [-0.25, -0.2) is 4.79 Å². The highest BCUT2D eigenvalue weighted by Gasteiger charge is 2.25. The molecule has 0 spiro atoms. The van der Waals surface area contributed by atoms with Crippen molar-refractivity contribution < 1.29 is 19.1 Å². The molecule has 0 bridgehead atoms. The van der Waals surface area contributed by atoms with Gasteiger partial charge in [-0.1, -0.05) is 24.3 Å². The molecule has 3 aromatic rings. The van der Waals surface area contributed by atoms with Gasteiger partial charge in [0.25, 0.3) is 5.91 Å². The van der Waals surface area contributed by atoms with Gasteiger partial charge < -0.3 is 14.8 Å². The van der Waals surface area contributed by atoms with Crippen molar-refractivity contribution in [3.8, 4) is 16.9 Å². The van der Waals surface area contributed by atoms with Crippen LogP contribution in [0.2, 0.25) is 0 Å². The number of carbonyl (C=O) groups excluding carboxylic acids is 2. The fourth-order valence-corrected chi connectivity index (χ4v) is 4.17. The second-order valence-corrected chi connectivity index (χ2v) is 7.94. The molecule has 1 N–H and O–H groups in total. The van der Waals surface area contributed by atoms with Crippen LogP contribution in [0.5, 0.6) is 5.75 Å². The zero-order valence-corrected chi connectivity index (χ0v) is 17.9. The van der Waals surface area contributed by atoms with Gasteiger partial charge in [0.2, 0.25) is 0 Å². The molecule has 29 heavy (non-hydrogen) atoms. The molecule has 150 valence electrons. The predicted molar refractivity (Wildman–Crippen MR) is 116 cm³/mol. The van der Waals surface area contributed by atoms with E-state index in [0.717, 1.165) is 21.6 Å². The molecule has 1 heterocycles. The number of carbonyl (C=O) groups is 2. The molecule has 0 saturated heterocycles. The summed E-state index contributed by atoms with van der Waals surface area (Å²) in [6.07, 6.45) is 0. The Hall–Kier alpha value is -3.12. The van der Waals surface area contributed by atoms with Crippen LogP contribution in [-0.4, -0.2) is 26.1 Å². The zero-order valence-electron chi connectivity index (χ0n) is 17.1. The van der Waals surface area contributed by atoms with E-state index in [2.05, 4.69) is 5.32 Å². The van der Waals surface area contributed by atoms with Crippen molar-refractivity contribution in [1.29, 1.82) is 0 Å². The highest BCUT2D eigenvalue weighted by atomic mass is 32.1. The number of methoxy groups -OCH3 is 2. The largest absolute Gasteiger partial charge is 0.497 e. The first-order chi connectivity index (χ1) is 13.8. The normalized spacial score (nSPS) is 10.5. The summed E-state index contributed by atoms with van der Waals surface area (Å²) >= 11 is 1.36. The van der Waals surface area contributed by atoms with E-state index in [0.29, 0.717) is 21.9 Å². The molecule has 3 rings (SSSR count). The Morgan fingerprint density at radius 3 is 2.38 bits per heavy atom. The lowest BCUT2D eigenvalue weighted by Gasteiger charge is -2.10. The van der Waals surface area contributed by atoms with Crippen molar-refractivity contribution in [2.45, 2.75) is 20.8 Å². The molecule has 0 atom stereocenters. The van der Waals surface area contributed by atoms with E-state index >= 15 is 0 Å². The number of nitrogens with one attached hydrogen (secondary N) is 1. The highest BCUT2D eigenvalue weighted by molar-refractivity contribution is 7.17. The Morgan fingerprint density at radius 2 is 1.72 bits per heavy atom. The molecule has 0 radical (unpaired) electrons. The molecule has 6 heteroatoms. The summed E-state index contributed by atoms with van der Waals surface area (Å²) in [5.74, 6) is -0.213. The van der Waals surface area contributed by atoms with Gasteiger partial charge in [-0.3, -0.25) is 4.79 Å². The molecule has 0 saturated carbocycles. The SMILES string of the molecule is COC(=O)c1c(NC(=O)c2cccc(OC)c2)sc(C)c1-c1ccc(C)c(C)c1. The summed E-state index contributed by atoms with van der Waals surface area (Å²) in [5, 5.41) is 3.34. The minimum atomic E-state index is -0.483. The second-order valence-electron chi connectivity index (χ2n) is 6.71. The van der Waals surface area contributed by atoms with Crippen LogP contribution < -0.4 is 10.1 Å². The zero-order chi connectivity index (χ0) is 21.1. The molecule has 2 aromatic carbocycles. The van der Waals surface area contributed by atoms with Gasteiger partial charge in [0.1, 0.15) is 16.3 Å². The van der Waals surface area contributed by atoms with Crippen LogP contribution >= 0.6 is 11.3 Å². The number of hydrogen-bond acceptors (Lipinski definition) is 5. The predicted octanol–water partition coefficient (Wildman–Crippen LogP) is 5.39. The van der Waals surface area contributed by atoms with Crippen molar-refractivity contribution >= 4 is 28.2 Å². The van der Waals surface area contributed by atoms with Gasteiger partial charge in [-0.15, -0.1) is 11.3 Å². The van der Waals surface area contributed by atoms with E-state index < -0.39 is 5.97 Å². The smallest absolute Gasteiger partial charge is 0.341 e. The summed E-state index contributed by atoms with van der Waals surface area (Å²) < 4.78 is 10.2. The summed E-state index contributed by atoms with van der Waals surface area (Å²) in [6, 6.07) is 12.9. The lowest BCUT2D eigenvalue weighted by molar-refractivity contribution is 0.0603. The number of anilines is 1. The minimum Gasteiger partial charge on any atom is -0.497 e. The van der Waals surface area contributed by atoms with Crippen molar-refractivity contribution in [2.24, 2.45) is 0 Å². The minimum absolute atomic E-state index is 0.318. The van der Waals surface area contributed by atoms with Crippen molar-refractivity contribution in [3.63, 3.8) is 0 Å². The third-order valence-corrected chi connectivity index (χ3v) is 5.85. The number of esters is 1. The van der Waals surface area contributed by atoms with Gasteiger partial charge in [0.05, 0.1) is 14.2 Å². The first-order valence-corrected chi connectivity index (χ1v) is 9.92. The molecule has 0 unspecified atom stereocenters. The van der Waals surface area contributed by atoms with Crippen molar-refractivity contribution in [3.05, 3.63) is 69.6 Å². The number of hydrogen-bond donors (Lipinski definition) is 1. The number of benzene rings is 2. The number of rotatable bonds is 5. The van der Waals surface area contributed by atoms with E-state index in [4.69, 9.17) is 9.47 Å². The van der Waals surface area contributed by atoms with Gasteiger partial charge in [-0.05, 0) is 55.7 Å². The van der Waals surface area contributed by atoms with E-state index in [-0.39, 0.29) is 5.91 Å². The molecular weight excluding hydrogens is 386 g/mol. The van der Waals surface area contributed by atoms with Crippen LogP contribution in [0.1, 0.15) is 36.7 Å². The van der Waals surface area contributed by atoms with E-state index in [9.17, 15) is 9.59 Å². The van der Waals surface area contributed by atoms with Gasteiger partial charge in [0, 0.05) is 16.0 Å². The Labute approximate surface area is 174 Å². The molecule has 0 aliphatic carbocycles. The average molecular weight is 410 g/mol.